The number of amides is 1. The number of benzene rings is 1. The number of piperidine rings is 1. The molecule has 1 saturated heterocycles. The van der Waals surface area contributed by atoms with E-state index in [1.165, 1.54) is 25.8 Å². The van der Waals surface area contributed by atoms with E-state index in [1.54, 1.807) is 19.1 Å². The van der Waals surface area contributed by atoms with Crippen LogP contribution in [-0.2, 0) is 0 Å². The minimum Gasteiger partial charge on any atom is -0.493 e. The fraction of sp³-hybridized carbons (Fsp3) is 0.435. The van der Waals surface area contributed by atoms with E-state index in [0.29, 0.717) is 46.3 Å². The van der Waals surface area contributed by atoms with Crippen molar-refractivity contribution in [3.8, 4) is 23.1 Å². The highest BCUT2D eigenvalue weighted by Crippen LogP contribution is 2.40. The van der Waals surface area contributed by atoms with E-state index in [1.807, 2.05) is 17.9 Å². The molecule has 2 aromatic heterocycles. The highest BCUT2D eigenvalue weighted by atomic mass is 16.5. The van der Waals surface area contributed by atoms with Crippen LogP contribution in [0.15, 0.2) is 18.2 Å². The first-order chi connectivity index (χ1) is 15.4. The number of nitrogens with zero attached hydrogens (tertiary/aromatic N) is 4. The van der Waals surface area contributed by atoms with Crippen LogP contribution in [0, 0.1) is 13.8 Å². The molecular formula is C23H28N4O5. The minimum atomic E-state index is -0.225. The van der Waals surface area contributed by atoms with Crippen LogP contribution >= 0.6 is 0 Å². The van der Waals surface area contributed by atoms with Gasteiger partial charge in [-0.1, -0.05) is 0 Å². The molecule has 1 atom stereocenters. The molecule has 0 saturated carbocycles. The van der Waals surface area contributed by atoms with Crippen molar-refractivity contribution in [1.29, 1.82) is 0 Å². The highest BCUT2D eigenvalue weighted by molar-refractivity contribution is 5.96. The summed E-state index contributed by atoms with van der Waals surface area (Å²) in [4.78, 5) is 19.9. The van der Waals surface area contributed by atoms with Gasteiger partial charge in [0.25, 0.3) is 5.91 Å². The average Bonchev–Trinajstić information content (AvgIpc) is 3.25. The molecule has 4 rings (SSSR count). The normalized spacial score (nSPS) is 16.3. The Hall–Kier alpha value is -3.49. The Morgan fingerprint density at radius 1 is 1.06 bits per heavy atom. The zero-order valence-corrected chi connectivity index (χ0v) is 19.0. The lowest BCUT2D eigenvalue weighted by Crippen LogP contribution is -2.38. The van der Waals surface area contributed by atoms with Crippen LogP contribution in [0.3, 0.4) is 0 Å². The molecule has 0 bridgehead atoms. The van der Waals surface area contributed by atoms with Gasteiger partial charge in [-0.2, -0.15) is 9.61 Å². The van der Waals surface area contributed by atoms with Crippen molar-refractivity contribution in [3.63, 3.8) is 0 Å². The second-order valence-electron chi connectivity index (χ2n) is 7.91. The van der Waals surface area contributed by atoms with E-state index in [4.69, 9.17) is 14.2 Å². The highest BCUT2D eigenvalue weighted by Gasteiger charge is 2.32. The predicted molar refractivity (Wildman–Crippen MR) is 118 cm³/mol. The molecule has 1 fully saturated rings. The van der Waals surface area contributed by atoms with E-state index < -0.39 is 0 Å². The zero-order valence-electron chi connectivity index (χ0n) is 19.0. The Bertz CT molecular complexity index is 1150. The Labute approximate surface area is 186 Å². The first-order valence-corrected chi connectivity index (χ1v) is 10.6. The maximum absolute atomic E-state index is 13.6. The number of likely N-dealkylation sites (tertiary alicyclic amines) is 1. The van der Waals surface area contributed by atoms with Crippen molar-refractivity contribution < 1.29 is 24.1 Å². The summed E-state index contributed by atoms with van der Waals surface area (Å²) in [5, 5.41) is 15.1. The number of carbonyl (C=O) groups excluding carboxylic acids is 1. The Morgan fingerprint density at radius 2 is 1.75 bits per heavy atom. The Balaban J connectivity index is 1.74. The van der Waals surface area contributed by atoms with Gasteiger partial charge < -0.3 is 24.2 Å². The molecule has 9 heteroatoms. The predicted octanol–water partition coefficient (Wildman–Crippen LogP) is 3.44. The van der Waals surface area contributed by atoms with Gasteiger partial charge in [-0.05, 0) is 45.2 Å². The molecule has 3 aromatic rings. The summed E-state index contributed by atoms with van der Waals surface area (Å²) in [7, 11) is 4.57. The van der Waals surface area contributed by atoms with E-state index >= 15 is 0 Å². The summed E-state index contributed by atoms with van der Waals surface area (Å²) in [5.74, 6) is 1.22. The lowest BCUT2D eigenvalue weighted by Gasteiger charge is -2.35. The smallest absolute Gasteiger partial charge is 0.254 e. The molecule has 170 valence electrons. The topological polar surface area (TPSA) is 98.4 Å². The summed E-state index contributed by atoms with van der Waals surface area (Å²) in [6.07, 6.45) is 2.66. The van der Waals surface area contributed by atoms with Crippen LogP contribution in [0.5, 0.6) is 23.1 Å². The summed E-state index contributed by atoms with van der Waals surface area (Å²) < 4.78 is 17.6. The minimum absolute atomic E-state index is 0.0667. The van der Waals surface area contributed by atoms with Crippen molar-refractivity contribution in [2.75, 3.05) is 27.9 Å². The van der Waals surface area contributed by atoms with Crippen molar-refractivity contribution in [1.82, 2.24) is 19.5 Å². The van der Waals surface area contributed by atoms with Gasteiger partial charge in [-0.25, -0.2) is 4.98 Å². The third-order valence-corrected chi connectivity index (χ3v) is 6.09. The molecule has 1 amide bonds. The molecule has 0 spiro atoms. The number of aromatic hydroxyl groups is 1. The van der Waals surface area contributed by atoms with Gasteiger partial charge in [-0.15, -0.1) is 0 Å². The molecule has 1 aliphatic heterocycles. The lowest BCUT2D eigenvalue weighted by atomic mass is 9.98. The van der Waals surface area contributed by atoms with Gasteiger partial charge in [0.05, 0.1) is 33.1 Å². The first kappa shape index (κ1) is 21.7. The van der Waals surface area contributed by atoms with Gasteiger partial charge in [0, 0.05) is 29.4 Å². The SMILES string of the molecule is COc1cc(C(=O)N2CCCCC2c2cc3nc(C)c(C)c(O)n3n2)cc(OC)c1OC. The fourth-order valence-electron chi connectivity index (χ4n) is 4.22. The van der Waals surface area contributed by atoms with E-state index in [-0.39, 0.29) is 17.8 Å². The Kier molecular flexibility index (Phi) is 5.82. The van der Waals surface area contributed by atoms with E-state index in [0.717, 1.165) is 25.0 Å². The molecule has 1 aromatic carbocycles. The zero-order chi connectivity index (χ0) is 23.0. The second-order valence-corrected chi connectivity index (χ2v) is 7.91. The number of ether oxygens (including phenoxy) is 3. The van der Waals surface area contributed by atoms with Crippen molar-refractivity contribution in [3.05, 3.63) is 40.7 Å². The average molecular weight is 441 g/mol. The number of methoxy groups -OCH3 is 3. The van der Waals surface area contributed by atoms with Crippen LogP contribution in [0.4, 0.5) is 0 Å². The quantitative estimate of drug-likeness (QED) is 0.649. The number of rotatable bonds is 5. The van der Waals surface area contributed by atoms with Crippen LogP contribution in [-0.4, -0.2) is 58.4 Å². The van der Waals surface area contributed by atoms with Gasteiger partial charge in [0.15, 0.2) is 17.1 Å². The van der Waals surface area contributed by atoms with E-state index in [2.05, 4.69) is 10.1 Å². The molecule has 1 unspecified atom stereocenters. The van der Waals surface area contributed by atoms with Gasteiger partial charge in [0.1, 0.15) is 0 Å². The third kappa shape index (κ3) is 3.57. The number of aromatic nitrogens is 3. The van der Waals surface area contributed by atoms with Crippen LogP contribution in [0.1, 0.15) is 52.6 Å². The largest absolute Gasteiger partial charge is 0.493 e. The molecule has 3 heterocycles. The van der Waals surface area contributed by atoms with Crippen LogP contribution < -0.4 is 14.2 Å². The van der Waals surface area contributed by atoms with E-state index in [9.17, 15) is 9.90 Å². The summed E-state index contributed by atoms with van der Waals surface area (Å²) in [5.41, 5.74) is 3.14. The second kappa shape index (κ2) is 8.57. The molecule has 1 N–H and O–H groups in total. The lowest BCUT2D eigenvalue weighted by molar-refractivity contribution is 0.0605. The number of hydrogen-bond donors (Lipinski definition) is 1. The molecule has 0 radical (unpaired) electrons. The first-order valence-electron chi connectivity index (χ1n) is 10.6. The van der Waals surface area contributed by atoms with Crippen LogP contribution in [0.2, 0.25) is 0 Å². The third-order valence-electron chi connectivity index (χ3n) is 6.09. The summed E-state index contributed by atoms with van der Waals surface area (Å²) in [6, 6.07) is 4.95. The van der Waals surface area contributed by atoms with Crippen molar-refractivity contribution >= 4 is 11.6 Å². The summed E-state index contributed by atoms with van der Waals surface area (Å²) in [6.45, 7) is 4.26. The van der Waals surface area contributed by atoms with Gasteiger partial charge in [-0.3, -0.25) is 4.79 Å². The maximum atomic E-state index is 13.6. The number of aryl methyl sites for hydroxylation is 1. The molecule has 32 heavy (non-hydrogen) atoms. The number of fused-ring (bicyclic) bond motifs is 1. The standard InChI is InChI=1S/C23H28N4O5/c1-13-14(2)24-20-12-16(25-27(20)22(13)28)17-8-6-7-9-26(17)23(29)15-10-18(30-3)21(32-5)19(11-15)31-4/h10-12,17,28H,6-9H2,1-5H3. The van der Waals surface area contributed by atoms with Crippen molar-refractivity contribution in [2.45, 2.75) is 39.2 Å². The van der Waals surface area contributed by atoms with Crippen molar-refractivity contribution in [2.24, 2.45) is 0 Å². The fourth-order valence-corrected chi connectivity index (χ4v) is 4.22. The monoisotopic (exact) mass is 440 g/mol. The number of carbonyl (C=O) groups is 1. The molecular weight excluding hydrogens is 412 g/mol. The molecule has 9 nitrogen and oxygen atoms in total. The van der Waals surface area contributed by atoms with Crippen LogP contribution in [0.25, 0.3) is 5.65 Å². The van der Waals surface area contributed by atoms with Gasteiger partial charge in [0.2, 0.25) is 11.6 Å². The maximum Gasteiger partial charge on any atom is 0.254 e. The Morgan fingerprint density at radius 3 is 2.38 bits per heavy atom. The number of hydrogen-bond acceptors (Lipinski definition) is 7. The molecule has 0 aliphatic carbocycles. The van der Waals surface area contributed by atoms with Gasteiger partial charge >= 0.3 is 0 Å². The molecule has 1 aliphatic rings. The summed E-state index contributed by atoms with van der Waals surface area (Å²) >= 11 is 0.